The van der Waals surface area contributed by atoms with Crippen molar-refractivity contribution in [3.05, 3.63) is 24.3 Å². The molecule has 2 amide bonds. The highest BCUT2D eigenvalue weighted by Gasteiger charge is 2.40. The van der Waals surface area contributed by atoms with Crippen molar-refractivity contribution < 1.29 is 33.7 Å². The summed E-state index contributed by atoms with van der Waals surface area (Å²) in [5.41, 5.74) is -0.787. The quantitative estimate of drug-likeness (QED) is 0.492. The number of hydroxylamine groups is 2. The van der Waals surface area contributed by atoms with E-state index in [1.54, 1.807) is 47.6 Å². The topological polar surface area (TPSA) is 97.8 Å². The van der Waals surface area contributed by atoms with Crippen LogP contribution in [0.1, 0.15) is 41.5 Å². The Balaban J connectivity index is 3.30. The van der Waals surface area contributed by atoms with Crippen LogP contribution in [0.25, 0.3) is 0 Å². The SMILES string of the molecule is C=CCON(C(=O)OC(C)(C)C)[C@H]1CN(C(=O)OC(C)(C)C)[C@H](CO)C=C1COC. The number of carbonyl (C=O) groups is 2. The molecule has 0 aromatic heterocycles. The maximum atomic E-state index is 12.9. The van der Waals surface area contributed by atoms with Gasteiger partial charge in [-0.2, -0.15) is 5.06 Å². The third kappa shape index (κ3) is 7.97. The summed E-state index contributed by atoms with van der Waals surface area (Å²) in [5.74, 6) is 0. The van der Waals surface area contributed by atoms with E-state index in [0.717, 1.165) is 5.06 Å². The van der Waals surface area contributed by atoms with Crippen LogP contribution in [-0.4, -0.2) is 84.0 Å². The Kier molecular flexibility index (Phi) is 9.33. The van der Waals surface area contributed by atoms with Crippen molar-refractivity contribution in [3.63, 3.8) is 0 Å². The van der Waals surface area contributed by atoms with Crippen LogP contribution in [0.5, 0.6) is 0 Å². The van der Waals surface area contributed by atoms with Gasteiger partial charge in [-0.25, -0.2) is 9.59 Å². The maximum Gasteiger partial charge on any atom is 0.435 e. The Bertz CT molecular complexity index is 634. The van der Waals surface area contributed by atoms with Gasteiger partial charge in [-0.3, -0.25) is 9.74 Å². The van der Waals surface area contributed by atoms with Crippen molar-refractivity contribution in [2.24, 2.45) is 0 Å². The molecule has 9 nitrogen and oxygen atoms in total. The predicted octanol–water partition coefficient (Wildman–Crippen LogP) is 2.89. The van der Waals surface area contributed by atoms with Crippen molar-refractivity contribution in [3.8, 4) is 0 Å². The molecule has 30 heavy (non-hydrogen) atoms. The second kappa shape index (κ2) is 10.8. The number of ether oxygens (including phenoxy) is 3. The van der Waals surface area contributed by atoms with Crippen LogP contribution in [0.4, 0.5) is 9.59 Å². The zero-order valence-electron chi connectivity index (χ0n) is 19.1. The number of hydrogen-bond donors (Lipinski definition) is 1. The van der Waals surface area contributed by atoms with E-state index in [9.17, 15) is 14.7 Å². The third-order valence-corrected chi connectivity index (χ3v) is 3.92. The molecule has 0 saturated heterocycles. The summed E-state index contributed by atoms with van der Waals surface area (Å²) < 4.78 is 16.2. The molecule has 1 aliphatic heterocycles. The van der Waals surface area contributed by atoms with Crippen molar-refractivity contribution >= 4 is 12.2 Å². The minimum absolute atomic E-state index is 0.0335. The van der Waals surface area contributed by atoms with Gasteiger partial charge in [0.15, 0.2) is 0 Å². The highest BCUT2D eigenvalue weighted by Crippen LogP contribution is 2.26. The van der Waals surface area contributed by atoms with Gasteiger partial charge in [0.2, 0.25) is 0 Å². The smallest absolute Gasteiger partial charge is 0.435 e. The predicted molar refractivity (Wildman–Crippen MR) is 112 cm³/mol. The van der Waals surface area contributed by atoms with E-state index in [1.165, 1.54) is 18.1 Å². The molecule has 1 N–H and O–H groups in total. The number of rotatable bonds is 7. The molecule has 1 heterocycles. The Morgan fingerprint density at radius 3 is 2.30 bits per heavy atom. The van der Waals surface area contributed by atoms with Crippen molar-refractivity contribution in [1.29, 1.82) is 0 Å². The van der Waals surface area contributed by atoms with E-state index in [0.29, 0.717) is 5.57 Å². The normalized spacial score (nSPS) is 19.7. The largest absolute Gasteiger partial charge is 0.444 e. The van der Waals surface area contributed by atoms with Crippen molar-refractivity contribution in [1.82, 2.24) is 9.96 Å². The van der Waals surface area contributed by atoms with E-state index >= 15 is 0 Å². The first-order valence-electron chi connectivity index (χ1n) is 9.89. The van der Waals surface area contributed by atoms with E-state index in [4.69, 9.17) is 19.0 Å². The fraction of sp³-hybridized carbons (Fsp3) is 0.714. The van der Waals surface area contributed by atoms with Crippen LogP contribution < -0.4 is 0 Å². The molecule has 0 fully saturated rings. The monoisotopic (exact) mass is 428 g/mol. The van der Waals surface area contributed by atoms with Gasteiger partial charge in [0.05, 0.1) is 32.4 Å². The third-order valence-electron chi connectivity index (χ3n) is 3.92. The lowest BCUT2D eigenvalue weighted by Gasteiger charge is -2.42. The van der Waals surface area contributed by atoms with Gasteiger partial charge in [0.25, 0.3) is 0 Å². The fourth-order valence-electron chi connectivity index (χ4n) is 2.81. The minimum Gasteiger partial charge on any atom is -0.444 e. The van der Waals surface area contributed by atoms with Gasteiger partial charge in [-0.1, -0.05) is 12.2 Å². The van der Waals surface area contributed by atoms with Gasteiger partial charge in [0, 0.05) is 7.11 Å². The summed E-state index contributed by atoms with van der Waals surface area (Å²) in [6.07, 6.45) is 1.88. The summed E-state index contributed by atoms with van der Waals surface area (Å²) in [4.78, 5) is 32.6. The summed E-state index contributed by atoms with van der Waals surface area (Å²) in [6.45, 7) is 14.1. The summed E-state index contributed by atoms with van der Waals surface area (Å²) in [5, 5.41) is 10.9. The molecule has 9 heteroatoms. The molecule has 0 unspecified atom stereocenters. The van der Waals surface area contributed by atoms with Crippen LogP contribution in [0, 0.1) is 0 Å². The first-order chi connectivity index (χ1) is 13.8. The Hall–Kier alpha value is -2.10. The molecule has 0 bridgehead atoms. The number of aliphatic hydroxyl groups is 1. The summed E-state index contributed by atoms with van der Waals surface area (Å²) in [6, 6.07) is -1.32. The molecule has 0 aliphatic carbocycles. The van der Waals surface area contributed by atoms with Crippen LogP contribution >= 0.6 is 0 Å². The molecular formula is C21H36N2O7. The molecule has 0 aromatic rings. The molecule has 0 saturated carbocycles. The highest BCUT2D eigenvalue weighted by atomic mass is 16.7. The van der Waals surface area contributed by atoms with Crippen LogP contribution in [0.2, 0.25) is 0 Å². The number of hydrogen-bond acceptors (Lipinski definition) is 7. The van der Waals surface area contributed by atoms with Gasteiger partial charge >= 0.3 is 12.2 Å². The zero-order valence-corrected chi connectivity index (χ0v) is 19.1. The van der Waals surface area contributed by atoms with Gasteiger partial charge < -0.3 is 19.3 Å². The van der Waals surface area contributed by atoms with Crippen LogP contribution in [0.3, 0.4) is 0 Å². The zero-order chi connectivity index (χ0) is 23.1. The molecular weight excluding hydrogens is 392 g/mol. The molecule has 2 atom stereocenters. The first-order valence-corrected chi connectivity index (χ1v) is 9.89. The molecule has 1 rings (SSSR count). The Morgan fingerprint density at radius 1 is 1.23 bits per heavy atom. The molecule has 172 valence electrons. The second-order valence-corrected chi connectivity index (χ2v) is 8.96. The van der Waals surface area contributed by atoms with E-state index in [1.807, 2.05) is 0 Å². The van der Waals surface area contributed by atoms with Gasteiger partial charge in [0.1, 0.15) is 17.2 Å². The average molecular weight is 429 g/mol. The molecule has 0 aromatic carbocycles. The highest BCUT2D eigenvalue weighted by molar-refractivity contribution is 5.71. The summed E-state index contributed by atoms with van der Waals surface area (Å²) in [7, 11) is 1.52. The second-order valence-electron chi connectivity index (χ2n) is 8.96. The van der Waals surface area contributed by atoms with E-state index < -0.39 is 35.5 Å². The number of amides is 2. The lowest BCUT2D eigenvalue weighted by Crippen LogP contribution is -2.57. The standard InChI is InChI=1S/C21H36N2O7/c1-9-10-28-23(19(26)30-21(5,6)7)17-12-22(18(25)29-20(2,3)4)16(13-24)11-15(17)14-27-8/h9,11,16-17,24H,1,10,12-14H2,2-8H3/t16-,17-/m0/s1. The van der Waals surface area contributed by atoms with Crippen molar-refractivity contribution in [2.75, 3.05) is 33.5 Å². The van der Waals surface area contributed by atoms with Gasteiger partial charge in [-0.15, -0.1) is 6.58 Å². The number of aliphatic hydroxyl groups excluding tert-OH is 1. The molecule has 0 spiro atoms. The Morgan fingerprint density at radius 2 is 1.83 bits per heavy atom. The minimum atomic E-state index is -0.745. The van der Waals surface area contributed by atoms with E-state index in [2.05, 4.69) is 6.58 Å². The molecule has 1 aliphatic rings. The van der Waals surface area contributed by atoms with Crippen LogP contribution in [0.15, 0.2) is 24.3 Å². The fourth-order valence-corrected chi connectivity index (χ4v) is 2.81. The Labute approximate surface area is 179 Å². The lowest BCUT2D eigenvalue weighted by atomic mass is 9.98. The lowest BCUT2D eigenvalue weighted by molar-refractivity contribution is -0.161. The number of methoxy groups -OCH3 is 1. The summed E-state index contributed by atoms with van der Waals surface area (Å²) >= 11 is 0. The van der Waals surface area contributed by atoms with E-state index in [-0.39, 0.29) is 26.4 Å². The molecule has 0 radical (unpaired) electrons. The number of carbonyl (C=O) groups excluding carboxylic acids is 2. The maximum absolute atomic E-state index is 12.9. The van der Waals surface area contributed by atoms with Gasteiger partial charge in [-0.05, 0) is 47.1 Å². The van der Waals surface area contributed by atoms with Crippen LogP contribution in [-0.2, 0) is 19.0 Å². The van der Waals surface area contributed by atoms with Crippen molar-refractivity contribution in [2.45, 2.75) is 64.8 Å². The first kappa shape index (κ1) is 25.9. The average Bonchev–Trinajstić information content (AvgIpc) is 2.59. The number of nitrogens with zero attached hydrogens (tertiary/aromatic N) is 2.